The molecule has 2 atom stereocenters. The van der Waals surface area contributed by atoms with Crippen molar-refractivity contribution in [2.75, 3.05) is 13.2 Å². The number of nitrogens with one attached hydrogen (secondary N) is 1. The third-order valence-corrected chi connectivity index (χ3v) is 12.8. The summed E-state index contributed by atoms with van der Waals surface area (Å²) in [5.74, 6) is -0.103. The zero-order chi connectivity index (χ0) is 47.2. The van der Waals surface area contributed by atoms with E-state index >= 15 is 0 Å². The second kappa shape index (κ2) is 54.4. The molecule has 0 aliphatic heterocycles. The van der Waals surface area contributed by atoms with Crippen LogP contribution in [0.4, 0.5) is 0 Å². The molecule has 0 spiro atoms. The lowest BCUT2D eigenvalue weighted by Crippen LogP contribution is -2.45. The first-order valence-electron chi connectivity index (χ1n) is 28.4. The van der Waals surface area contributed by atoms with Gasteiger partial charge in [-0.05, 0) is 89.9 Å². The van der Waals surface area contributed by atoms with E-state index in [0.717, 1.165) is 77.0 Å². The predicted octanol–water partition coefficient (Wildman–Crippen LogP) is 17.4. The van der Waals surface area contributed by atoms with Crippen molar-refractivity contribution in [3.8, 4) is 0 Å². The molecule has 0 aliphatic carbocycles. The maximum absolute atomic E-state index is 12.4. The van der Waals surface area contributed by atoms with Gasteiger partial charge in [0.15, 0.2) is 0 Å². The lowest BCUT2D eigenvalue weighted by Gasteiger charge is -2.20. The number of rotatable bonds is 52. The number of aliphatic hydroxyl groups is 2. The highest BCUT2D eigenvalue weighted by molar-refractivity contribution is 5.76. The molecule has 3 N–H and O–H groups in total. The van der Waals surface area contributed by atoms with Gasteiger partial charge in [0.25, 0.3) is 0 Å². The Bertz CT molecular complexity index is 1100. The van der Waals surface area contributed by atoms with Crippen LogP contribution in [0.2, 0.25) is 0 Å². The SMILES string of the molecule is CCCCCC/C=C\C/C=C\CCCCCCCCCC(=O)OCCCCCC/C=C\CCCCCCCCCC(=O)NC(CO)C(O)/C=C/CCCCCCCCCCCCCCC. The molecule has 0 radical (unpaired) electrons. The normalized spacial score (nSPS) is 13.0. The minimum absolute atomic E-state index is 0.0191. The molecule has 6 nitrogen and oxygen atoms in total. The molecule has 6 heteroatoms. The van der Waals surface area contributed by atoms with Crippen molar-refractivity contribution in [1.82, 2.24) is 5.32 Å². The van der Waals surface area contributed by atoms with Crippen molar-refractivity contribution in [2.45, 2.75) is 302 Å². The molecule has 380 valence electrons. The Labute approximate surface area is 404 Å². The molecule has 0 aromatic heterocycles. The van der Waals surface area contributed by atoms with Gasteiger partial charge in [0.1, 0.15) is 0 Å². The van der Waals surface area contributed by atoms with Crippen molar-refractivity contribution >= 4 is 11.9 Å². The van der Waals surface area contributed by atoms with E-state index in [9.17, 15) is 19.8 Å². The van der Waals surface area contributed by atoms with Crippen LogP contribution in [0.25, 0.3) is 0 Å². The van der Waals surface area contributed by atoms with Gasteiger partial charge in [-0.15, -0.1) is 0 Å². The van der Waals surface area contributed by atoms with Gasteiger partial charge < -0.3 is 20.3 Å². The van der Waals surface area contributed by atoms with Crippen LogP contribution < -0.4 is 5.32 Å². The summed E-state index contributed by atoms with van der Waals surface area (Å²) in [5, 5.41) is 23.1. The summed E-state index contributed by atoms with van der Waals surface area (Å²) in [6, 6.07) is -0.640. The maximum atomic E-state index is 12.4. The largest absolute Gasteiger partial charge is 0.466 e. The number of carbonyl (C=O) groups is 2. The molecule has 1 amide bonds. The van der Waals surface area contributed by atoms with Crippen LogP contribution in [0, 0.1) is 0 Å². The first kappa shape index (κ1) is 62.8. The van der Waals surface area contributed by atoms with E-state index in [1.807, 2.05) is 6.08 Å². The molecule has 0 fully saturated rings. The molecule has 0 saturated heterocycles. The standard InChI is InChI=1S/C59H109NO5/c1-3-5-7-9-11-13-15-17-19-20-21-25-29-33-37-41-45-49-53-59(64)65-54-50-46-42-38-34-30-26-22-24-28-32-36-40-44-48-52-58(63)60-56(55-61)57(62)51-47-43-39-35-31-27-23-18-16-14-12-10-8-6-4-2/h13,15,19-20,26,30,47,51,56-57,61-62H,3-12,14,16-18,21-25,27-29,31-46,48-50,52-55H2,1-2H3,(H,60,63)/b15-13-,20-19-,30-26-,51-47+. The van der Waals surface area contributed by atoms with E-state index in [1.54, 1.807) is 6.08 Å². The molecule has 2 unspecified atom stereocenters. The van der Waals surface area contributed by atoms with Gasteiger partial charge in [0.05, 0.1) is 25.4 Å². The third kappa shape index (κ3) is 51.1. The number of carbonyl (C=O) groups excluding carboxylic acids is 2. The van der Waals surface area contributed by atoms with Gasteiger partial charge in [0.2, 0.25) is 5.91 Å². The summed E-state index contributed by atoms with van der Waals surface area (Å²) >= 11 is 0. The number of unbranched alkanes of at least 4 members (excludes halogenated alkanes) is 35. The van der Waals surface area contributed by atoms with Crippen LogP contribution in [0.3, 0.4) is 0 Å². The van der Waals surface area contributed by atoms with Crippen LogP contribution >= 0.6 is 0 Å². The van der Waals surface area contributed by atoms with Crippen LogP contribution in [-0.4, -0.2) is 47.4 Å². The minimum atomic E-state index is -0.855. The molecular weight excluding hydrogens is 803 g/mol. The molecule has 0 aromatic rings. The van der Waals surface area contributed by atoms with E-state index in [-0.39, 0.29) is 18.5 Å². The number of ether oxygens (including phenoxy) is 1. The van der Waals surface area contributed by atoms with Crippen LogP contribution in [0.15, 0.2) is 48.6 Å². The molecule has 0 saturated carbocycles. The van der Waals surface area contributed by atoms with Gasteiger partial charge >= 0.3 is 5.97 Å². The van der Waals surface area contributed by atoms with E-state index < -0.39 is 12.1 Å². The first-order chi connectivity index (χ1) is 32.0. The fraction of sp³-hybridized carbons (Fsp3) is 0.831. The molecule has 0 rings (SSSR count). The smallest absolute Gasteiger partial charge is 0.305 e. The monoisotopic (exact) mass is 912 g/mol. The second-order valence-corrected chi connectivity index (χ2v) is 19.3. The Morgan fingerprint density at radius 2 is 0.769 bits per heavy atom. The molecular formula is C59H109NO5. The molecule has 0 bridgehead atoms. The van der Waals surface area contributed by atoms with E-state index in [0.29, 0.717) is 19.4 Å². The van der Waals surface area contributed by atoms with Gasteiger partial charge in [-0.1, -0.05) is 236 Å². The molecule has 0 heterocycles. The van der Waals surface area contributed by atoms with Gasteiger partial charge in [-0.25, -0.2) is 0 Å². The highest BCUT2D eigenvalue weighted by Crippen LogP contribution is 2.15. The highest BCUT2D eigenvalue weighted by atomic mass is 16.5. The number of allylic oxidation sites excluding steroid dienone is 7. The zero-order valence-corrected chi connectivity index (χ0v) is 43.2. The van der Waals surface area contributed by atoms with Crippen molar-refractivity contribution in [3.05, 3.63) is 48.6 Å². The third-order valence-electron chi connectivity index (χ3n) is 12.8. The Morgan fingerprint density at radius 1 is 0.431 bits per heavy atom. The lowest BCUT2D eigenvalue weighted by atomic mass is 10.0. The van der Waals surface area contributed by atoms with Gasteiger partial charge in [-0.3, -0.25) is 9.59 Å². The second-order valence-electron chi connectivity index (χ2n) is 19.3. The zero-order valence-electron chi connectivity index (χ0n) is 43.2. The summed E-state index contributed by atoms with van der Waals surface area (Å²) in [7, 11) is 0. The van der Waals surface area contributed by atoms with Crippen molar-refractivity contribution in [1.29, 1.82) is 0 Å². The molecule has 0 aromatic carbocycles. The van der Waals surface area contributed by atoms with Crippen molar-refractivity contribution in [2.24, 2.45) is 0 Å². The Balaban J connectivity index is 3.50. The fourth-order valence-corrected chi connectivity index (χ4v) is 8.42. The number of aliphatic hydroxyl groups excluding tert-OH is 2. The summed E-state index contributed by atoms with van der Waals surface area (Å²) in [6.45, 7) is 4.85. The lowest BCUT2D eigenvalue weighted by molar-refractivity contribution is -0.143. The summed E-state index contributed by atoms with van der Waals surface area (Å²) < 4.78 is 5.47. The van der Waals surface area contributed by atoms with Crippen LogP contribution in [-0.2, 0) is 14.3 Å². The van der Waals surface area contributed by atoms with Crippen molar-refractivity contribution in [3.63, 3.8) is 0 Å². The topological polar surface area (TPSA) is 95.9 Å². The Morgan fingerprint density at radius 3 is 1.20 bits per heavy atom. The summed E-state index contributed by atoms with van der Waals surface area (Å²) in [6.07, 6.45) is 68.3. The van der Waals surface area contributed by atoms with Crippen molar-refractivity contribution < 1.29 is 24.5 Å². The van der Waals surface area contributed by atoms with Gasteiger partial charge in [0, 0.05) is 12.8 Å². The number of hydrogen-bond donors (Lipinski definition) is 3. The van der Waals surface area contributed by atoms with E-state index in [2.05, 4.69) is 55.6 Å². The van der Waals surface area contributed by atoms with Gasteiger partial charge in [-0.2, -0.15) is 0 Å². The van der Waals surface area contributed by atoms with E-state index in [1.165, 1.54) is 186 Å². The average Bonchev–Trinajstić information content (AvgIpc) is 3.31. The van der Waals surface area contributed by atoms with Crippen LogP contribution in [0.5, 0.6) is 0 Å². The van der Waals surface area contributed by atoms with E-state index in [4.69, 9.17) is 4.74 Å². The predicted molar refractivity (Wildman–Crippen MR) is 282 cm³/mol. The number of esters is 1. The Hall–Kier alpha value is -2.18. The fourth-order valence-electron chi connectivity index (χ4n) is 8.42. The summed E-state index contributed by atoms with van der Waals surface area (Å²) in [4.78, 5) is 24.5. The number of hydrogen-bond acceptors (Lipinski definition) is 5. The first-order valence-corrected chi connectivity index (χ1v) is 28.4. The average molecular weight is 913 g/mol. The quantitative estimate of drug-likeness (QED) is 0.0321. The Kier molecular flexibility index (Phi) is 52.6. The molecule has 65 heavy (non-hydrogen) atoms. The molecule has 0 aliphatic rings. The number of amides is 1. The minimum Gasteiger partial charge on any atom is -0.466 e. The van der Waals surface area contributed by atoms with Crippen LogP contribution in [0.1, 0.15) is 290 Å². The maximum Gasteiger partial charge on any atom is 0.305 e. The summed E-state index contributed by atoms with van der Waals surface area (Å²) in [5.41, 5.74) is 0. The highest BCUT2D eigenvalue weighted by Gasteiger charge is 2.18.